The van der Waals surface area contributed by atoms with E-state index < -0.39 is 5.24 Å². The topological polar surface area (TPSA) is 299 Å². The Hall–Kier alpha value is -12.8. The molecule has 8 aromatic heterocycles. The number of Topliss-reactive ketones (excluding diaryl/α,β-unsaturated/α-hetero) is 3. The summed E-state index contributed by atoms with van der Waals surface area (Å²) in [5.74, 6) is 6.43. The number of carbonyl (C=O) groups excluding carboxylic acids is 4. The summed E-state index contributed by atoms with van der Waals surface area (Å²) < 4.78 is 48.9. The molecule has 0 saturated heterocycles. The Labute approximate surface area is 756 Å². The summed E-state index contributed by atoms with van der Waals surface area (Å²) in [4.78, 5) is 53.6. The van der Waals surface area contributed by atoms with Crippen LogP contribution in [0.4, 0.5) is 0 Å². The highest BCUT2D eigenvalue weighted by Gasteiger charge is 2.21. The number of halogens is 6. The van der Waals surface area contributed by atoms with Gasteiger partial charge in [0, 0.05) is 117 Å². The number of pyridine rings is 4. The van der Waals surface area contributed by atoms with Crippen molar-refractivity contribution in [1.82, 2.24) is 55.7 Å². The number of benzene rings is 8. The van der Waals surface area contributed by atoms with Gasteiger partial charge in [-0.25, -0.2) is 4.57 Å². The second kappa shape index (κ2) is 43.4. The highest BCUT2D eigenvalue weighted by Crippen LogP contribution is 2.41. The van der Waals surface area contributed by atoms with Crippen LogP contribution in [0.25, 0.3) is 90.1 Å². The molecule has 4 N–H and O–H groups in total. The van der Waals surface area contributed by atoms with Crippen molar-refractivity contribution in [2.24, 2.45) is 7.05 Å². The van der Waals surface area contributed by atoms with Gasteiger partial charge in [-0.15, -0.1) is 0 Å². The number of hydrogen-bond acceptors (Lipinski definition) is 19. The lowest BCUT2D eigenvalue weighted by Gasteiger charge is -1.99. The molecule has 0 unspecified atom stereocenters. The SMILES string of the molecule is Brc1cccc(-c2cc(-c3ccc4c(c3)OCO4)[nH]n2)c1.Brc1cccc(-c2cc(-c3ccc4c(c3)OCO4)[nH]n2)c1.Brc1cccc(-c2cc(-c3ccc4c(c3)OCO4)[nH]n2)c1.Brc1cccc(-c2cc(-c3ccc4c(c3)OCO4)[nH]n2)c1.CC(=O)c1ccc[n+](C)c1.CC(=O)c1cccnc1.CC(=O)c1cccnc1.O=C(Cl)c1cccnc1.[I-]. The molecule has 24 nitrogen and oxygen atoms in total. The number of ketones is 3. The first kappa shape index (κ1) is 88.5. The molecule has 0 atom stereocenters. The maximum Gasteiger partial charge on any atom is 0.253 e. The molecule has 0 bridgehead atoms. The molecule has 8 aromatic carbocycles. The Morgan fingerprint density at radius 1 is 0.320 bits per heavy atom. The molecule has 30 heteroatoms. The van der Waals surface area contributed by atoms with Crippen LogP contribution >= 0.6 is 75.3 Å². The number of aryl methyl sites for hydroxylation is 1. The summed E-state index contributed by atoms with van der Waals surface area (Å²) in [5, 5.41) is 29.3. The van der Waals surface area contributed by atoms with Crippen LogP contribution in [0.1, 0.15) is 62.2 Å². The van der Waals surface area contributed by atoms with E-state index in [1.165, 1.54) is 20.0 Å². The fraction of sp³-hybridized carbons (Fsp3) is 0.0870. The molecule has 4 aliphatic heterocycles. The van der Waals surface area contributed by atoms with E-state index in [-0.39, 0.29) is 68.5 Å². The number of H-pyrrole nitrogens is 4. The minimum absolute atomic E-state index is 0. The molecule has 0 amide bonds. The summed E-state index contributed by atoms with van der Waals surface area (Å²) in [6.07, 6.45) is 13.1. The Morgan fingerprint density at radius 3 is 0.811 bits per heavy atom. The maximum atomic E-state index is 10.8. The van der Waals surface area contributed by atoms with Crippen molar-refractivity contribution in [2.75, 3.05) is 27.2 Å². The number of nitrogens with zero attached hydrogens (tertiary/aromatic N) is 8. The molecular weight excluding hydrogens is 1950 g/mol. The van der Waals surface area contributed by atoms with Crippen LogP contribution in [-0.2, 0) is 7.05 Å². The molecule has 614 valence electrons. The molecule has 0 aliphatic carbocycles. The van der Waals surface area contributed by atoms with E-state index in [2.05, 4.69) is 119 Å². The minimum Gasteiger partial charge on any atom is -1.00 e. The standard InChI is InChI=1S/4C16H11BrN2O2.C8H10NO.2C7H7NO.C6H4ClNO.HI/c4*17-12-3-1-2-10(6-12)13-8-14(19-18-13)11-4-5-15-16(7-11)21-9-20-15;1-7(10)8-4-3-5-9(2)6-8;2*1-6(9)7-3-2-4-8-5-7;7-6(9)5-2-1-3-8-4-5;/h4*1-8H,9H2,(H,18,19);3-6H,1-2H3;2*2-5H,1H3;1-4H;1H/q;;;;+1;;;;/p-1. The van der Waals surface area contributed by atoms with Crippen molar-refractivity contribution in [3.05, 3.63) is 332 Å². The van der Waals surface area contributed by atoms with E-state index in [0.29, 0.717) is 16.7 Å². The molecule has 20 rings (SSSR count). The second-order valence-corrected chi connectivity index (χ2v) is 30.4. The largest absolute Gasteiger partial charge is 1.00 e. The van der Waals surface area contributed by atoms with Crippen LogP contribution < -0.4 is 66.4 Å². The quantitative estimate of drug-likeness (QED) is 0.0382. The average Bonchev–Trinajstić information content (AvgIpc) is 1.68. The Bertz CT molecular complexity index is 5620. The van der Waals surface area contributed by atoms with Crippen LogP contribution in [0, 0.1) is 0 Å². The predicted octanol–water partition coefficient (Wildman–Crippen LogP) is 18.7. The average molecular weight is 2020 g/mol. The number of nitrogens with one attached hydrogen (secondary N) is 4. The Balaban J connectivity index is 0.000000131. The molecule has 4 aliphatic rings. The van der Waals surface area contributed by atoms with Crippen molar-refractivity contribution >= 4 is 97.9 Å². The zero-order valence-electron chi connectivity index (χ0n) is 65.3. The predicted molar refractivity (Wildman–Crippen MR) is 474 cm³/mol. The summed E-state index contributed by atoms with van der Waals surface area (Å²) in [5.41, 5.74) is 18.3. The van der Waals surface area contributed by atoms with Gasteiger partial charge in [-0.3, -0.25) is 54.5 Å². The van der Waals surface area contributed by atoms with Gasteiger partial charge in [0.2, 0.25) is 27.2 Å². The van der Waals surface area contributed by atoms with Crippen molar-refractivity contribution in [3.8, 4) is 136 Å². The number of aromatic nitrogens is 12. The van der Waals surface area contributed by atoms with Gasteiger partial charge < -0.3 is 61.9 Å². The minimum atomic E-state index is -0.469. The van der Waals surface area contributed by atoms with Gasteiger partial charge in [0.25, 0.3) is 5.24 Å². The van der Waals surface area contributed by atoms with Gasteiger partial charge in [0.05, 0.1) is 56.7 Å². The number of hydrogen-bond donors (Lipinski definition) is 4. The molecule has 0 fully saturated rings. The summed E-state index contributed by atoms with van der Waals surface area (Å²) in [7, 11) is 1.90. The lowest BCUT2D eigenvalue weighted by atomic mass is 10.1. The molecule has 0 radical (unpaired) electrons. The fourth-order valence-electron chi connectivity index (χ4n) is 11.7. The summed E-state index contributed by atoms with van der Waals surface area (Å²) >= 11 is 19.0. The van der Waals surface area contributed by atoms with Crippen LogP contribution in [-0.4, -0.2) is 106 Å². The highest BCUT2D eigenvalue weighted by atomic mass is 127. The third-order valence-corrected chi connectivity index (χ3v) is 20.1. The first-order valence-electron chi connectivity index (χ1n) is 37.0. The van der Waals surface area contributed by atoms with Gasteiger partial charge in [0.1, 0.15) is 7.05 Å². The van der Waals surface area contributed by atoms with E-state index in [0.717, 1.165) is 160 Å². The maximum absolute atomic E-state index is 10.8. The van der Waals surface area contributed by atoms with Crippen molar-refractivity contribution in [2.45, 2.75) is 20.8 Å². The van der Waals surface area contributed by atoms with Gasteiger partial charge in [-0.05, 0) is 220 Å². The molecule has 12 heterocycles. The molecule has 16 aromatic rings. The van der Waals surface area contributed by atoms with Crippen molar-refractivity contribution in [3.63, 3.8) is 0 Å². The van der Waals surface area contributed by atoms with E-state index in [4.69, 9.17) is 49.5 Å². The third-order valence-electron chi connectivity index (χ3n) is 17.9. The van der Waals surface area contributed by atoms with E-state index in [1.54, 1.807) is 74.3 Å². The molecule has 122 heavy (non-hydrogen) atoms. The Kier molecular flexibility index (Phi) is 31.5. The third kappa shape index (κ3) is 24.7. The highest BCUT2D eigenvalue weighted by molar-refractivity contribution is 9.11. The molecule has 0 spiro atoms. The van der Waals surface area contributed by atoms with Gasteiger partial charge in [0.15, 0.2) is 75.7 Å². The molecule has 0 saturated carbocycles. The zero-order chi connectivity index (χ0) is 84.6. The number of fused-ring (bicyclic) bond motifs is 4. The second-order valence-electron chi connectivity index (χ2n) is 26.4. The number of aromatic amines is 4. The van der Waals surface area contributed by atoms with Gasteiger partial charge in [-0.2, -0.15) is 20.4 Å². The molecular formula is C92H72Br4ClIN12O12. The normalized spacial score (nSPS) is 11.5. The van der Waals surface area contributed by atoms with Crippen molar-refractivity contribution < 1.29 is 85.6 Å². The van der Waals surface area contributed by atoms with E-state index in [1.807, 2.05) is 230 Å². The summed E-state index contributed by atoms with van der Waals surface area (Å²) in [6.45, 7) is 5.75. The number of rotatable bonds is 12. The van der Waals surface area contributed by atoms with Crippen LogP contribution in [0.3, 0.4) is 0 Å². The van der Waals surface area contributed by atoms with E-state index in [9.17, 15) is 19.2 Å². The van der Waals surface area contributed by atoms with Crippen LogP contribution in [0.5, 0.6) is 46.0 Å². The monoisotopic (exact) mass is 2010 g/mol. The van der Waals surface area contributed by atoms with Gasteiger partial charge in [-0.1, -0.05) is 112 Å². The number of carbonyl (C=O) groups is 4. The van der Waals surface area contributed by atoms with Crippen molar-refractivity contribution in [1.29, 1.82) is 0 Å². The lowest BCUT2D eigenvalue weighted by molar-refractivity contribution is -0.671. The van der Waals surface area contributed by atoms with E-state index >= 15 is 0 Å². The summed E-state index contributed by atoms with van der Waals surface area (Å²) in [6, 6.07) is 77.7. The van der Waals surface area contributed by atoms with Crippen LogP contribution in [0.15, 0.2) is 310 Å². The fourth-order valence-corrected chi connectivity index (χ4v) is 13.4. The van der Waals surface area contributed by atoms with Gasteiger partial charge >= 0.3 is 0 Å². The lowest BCUT2D eigenvalue weighted by Crippen LogP contribution is -3.00. The van der Waals surface area contributed by atoms with Crippen LogP contribution in [0.2, 0.25) is 0 Å². The Morgan fingerprint density at radius 2 is 0.590 bits per heavy atom. The first-order valence-corrected chi connectivity index (χ1v) is 40.6. The zero-order valence-corrected chi connectivity index (χ0v) is 74.5. The smallest absolute Gasteiger partial charge is 0.253 e. The first-order chi connectivity index (χ1) is 58.8. The number of ether oxygens (including phenoxy) is 8.